The van der Waals surface area contributed by atoms with Crippen LogP contribution in [0.1, 0.15) is 24.2 Å². The second-order valence-corrected chi connectivity index (χ2v) is 9.83. The lowest BCUT2D eigenvalue weighted by Crippen LogP contribution is -2.53. The Morgan fingerprint density at radius 3 is 2.74 bits per heavy atom. The Hall–Kier alpha value is -2.84. The molecule has 2 saturated heterocycles. The number of amides is 1. The summed E-state index contributed by atoms with van der Waals surface area (Å²) in [5, 5.41) is 1.58. The Morgan fingerprint density at radius 1 is 1.12 bits per heavy atom. The molecule has 0 aliphatic carbocycles. The van der Waals surface area contributed by atoms with Gasteiger partial charge in [-0.25, -0.2) is 4.98 Å². The number of aromatic nitrogens is 2. The molecule has 3 heterocycles. The van der Waals surface area contributed by atoms with E-state index in [1.807, 2.05) is 41.3 Å². The van der Waals surface area contributed by atoms with E-state index < -0.39 is 0 Å². The highest BCUT2D eigenvalue weighted by Gasteiger charge is 2.36. The van der Waals surface area contributed by atoms with E-state index in [1.54, 1.807) is 7.11 Å². The predicted octanol–water partition coefficient (Wildman–Crippen LogP) is 4.11. The Balaban J connectivity index is 1.22. The largest absolute Gasteiger partial charge is 0.497 e. The molecule has 2 aromatic carbocycles. The van der Waals surface area contributed by atoms with Crippen LogP contribution < -0.4 is 14.5 Å². The lowest BCUT2D eigenvalue weighted by molar-refractivity contribution is -0.132. The molecule has 5 rings (SSSR count). The first kappa shape index (κ1) is 22.9. The number of halogens is 1. The highest BCUT2D eigenvalue weighted by atomic mass is 35.5. The first-order chi connectivity index (χ1) is 16.6. The maximum atomic E-state index is 13.4. The van der Waals surface area contributed by atoms with Crippen LogP contribution in [0.25, 0.3) is 0 Å². The third-order valence-corrected chi connectivity index (χ3v) is 7.53. The quantitative estimate of drug-likeness (QED) is 0.511. The van der Waals surface area contributed by atoms with E-state index in [2.05, 4.69) is 26.3 Å². The number of ether oxygens (including phenoxy) is 1. The molecule has 0 bridgehead atoms. The van der Waals surface area contributed by atoms with Gasteiger partial charge >= 0.3 is 0 Å². The van der Waals surface area contributed by atoms with E-state index in [0.29, 0.717) is 19.5 Å². The molecule has 178 valence electrons. The number of anilines is 2. The van der Waals surface area contributed by atoms with Crippen molar-refractivity contribution in [3.63, 3.8) is 0 Å². The normalized spacial score (nSPS) is 18.4. The van der Waals surface area contributed by atoms with Crippen LogP contribution in [0, 0.1) is 0 Å². The summed E-state index contributed by atoms with van der Waals surface area (Å²) in [5.74, 6) is 1.81. The summed E-state index contributed by atoms with van der Waals surface area (Å²) in [4.78, 5) is 24.7. The molecule has 1 amide bonds. The van der Waals surface area contributed by atoms with E-state index in [4.69, 9.17) is 21.3 Å². The van der Waals surface area contributed by atoms with Crippen LogP contribution in [0.3, 0.4) is 0 Å². The minimum atomic E-state index is -0.157. The van der Waals surface area contributed by atoms with Crippen molar-refractivity contribution in [1.29, 1.82) is 0 Å². The number of rotatable bonds is 6. The predicted molar refractivity (Wildman–Crippen MR) is 136 cm³/mol. The molecule has 0 radical (unpaired) electrons. The van der Waals surface area contributed by atoms with E-state index in [0.717, 1.165) is 65.5 Å². The van der Waals surface area contributed by atoms with Crippen molar-refractivity contribution in [1.82, 2.24) is 14.3 Å². The van der Waals surface area contributed by atoms with Crippen molar-refractivity contribution >= 4 is 39.9 Å². The smallest absolute Gasteiger partial charge is 0.245 e. The summed E-state index contributed by atoms with van der Waals surface area (Å²) >= 11 is 7.54. The van der Waals surface area contributed by atoms with Crippen LogP contribution in [0.4, 0.5) is 10.8 Å². The van der Waals surface area contributed by atoms with Crippen molar-refractivity contribution in [2.75, 3.05) is 49.6 Å². The highest BCUT2D eigenvalue weighted by molar-refractivity contribution is 7.09. The molecule has 0 spiro atoms. The van der Waals surface area contributed by atoms with E-state index in [9.17, 15) is 4.79 Å². The first-order valence-corrected chi connectivity index (χ1v) is 12.8. The van der Waals surface area contributed by atoms with Crippen LogP contribution in [0.2, 0.25) is 5.02 Å². The fraction of sp³-hybridized carbons (Fsp3) is 0.400. The zero-order chi connectivity index (χ0) is 23.5. The average Bonchev–Trinajstić information content (AvgIpc) is 3.53. The van der Waals surface area contributed by atoms with Gasteiger partial charge in [-0.05, 0) is 48.7 Å². The minimum absolute atomic E-state index is 0.157. The number of carbonyl (C=O) groups is 1. The maximum absolute atomic E-state index is 13.4. The fourth-order valence-electron chi connectivity index (χ4n) is 4.72. The van der Waals surface area contributed by atoms with Gasteiger partial charge in [0.05, 0.1) is 7.11 Å². The molecule has 34 heavy (non-hydrogen) atoms. The molecule has 9 heteroatoms. The van der Waals surface area contributed by atoms with Crippen LogP contribution in [-0.2, 0) is 11.2 Å². The molecule has 1 unspecified atom stereocenters. The number of piperazine rings is 1. The topological polar surface area (TPSA) is 61.8 Å². The van der Waals surface area contributed by atoms with Crippen molar-refractivity contribution in [2.24, 2.45) is 0 Å². The van der Waals surface area contributed by atoms with Crippen LogP contribution in [0.5, 0.6) is 5.75 Å². The van der Waals surface area contributed by atoms with Crippen LogP contribution >= 0.6 is 23.1 Å². The second-order valence-electron chi connectivity index (χ2n) is 8.67. The van der Waals surface area contributed by atoms with Crippen LogP contribution in [-0.4, -0.2) is 66.0 Å². The van der Waals surface area contributed by atoms with Gasteiger partial charge in [0.1, 0.15) is 17.6 Å². The van der Waals surface area contributed by atoms with Gasteiger partial charge in [0.2, 0.25) is 11.0 Å². The molecule has 1 atom stereocenters. The maximum Gasteiger partial charge on any atom is 0.245 e. The Kier molecular flexibility index (Phi) is 6.87. The fourth-order valence-corrected chi connectivity index (χ4v) is 5.67. The van der Waals surface area contributed by atoms with Crippen molar-refractivity contribution in [3.05, 3.63) is 64.9 Å². The summed E-state index contributed by atoms with van der Waals surface area (Å²) in [7, 11) is 1.67. The van der Waals surface area contributed by atoms with Crippen molar-refractivity contribution in [3.8, 4) is 5.75 Å². The number of methoxy groups -OCH3 is 1. The zero-order valence-electron chi connectivity index (χ0n) is 19.2. The van der Waals surface area contributed by atoms with Gasteiger partial charge in [-0.1, -0.05) is 29.8 Å². The number of hydrogen-bond acceptors (Lipinski definition) is 7. The molecule has 0 saturated carbocycles. The lowest BCUT2D eigenvalue weighted by atomic mass is 10.1. The Bertz CT molecular complexity index is 1150. The van der Waals surface area contributed by atoms with Gasteiger partial charge in [0.25, 0.3) is 0 Å². The highest BCUT2D eigenvalue weighted by Crippen LogP contribution is 2.29. The summed E-state index contributed by atoms with van der Waals surface area (Å²) in [6, 6.07) is 15.7. The second kappa shape index (κ2) is 10.2. The monoisotopic (exact) mass is 497 g/mol. The van der Waals surface area contributed by atoms with Gasteiger partial charge in [-0.3, -0.25) is 4.79 Å². The minimum Gasteiger partial charge on any atom is -0.497 e. The SMILES string of the molecule is COc1cccc(Cc2nsc(N3CCCC3C(=O)N3CCN(c4cccc(Cl)c4)CC3)n2)c1. The zero-order valence-corrected chi connectivity index (χ0v) is 20.8. The number of hydrogen-bond donors (Lipinski definition) is 0. The lowest BCUT2D eigenvalue weighted by Gasteiger charge is -2.38. The summed E-state index contributed by atoms with van der Waals surface area (Å²) in [6.45, 7) is 3.89. The number of nitrogens with zero attached hydrogens (tertiary/aromatic N) is 5. The molecular formula is C25H28ClN5O2S. The van der Waals surface area contributed by atoms with Gasteiger partial charge in [0, 0.05) is 61.4 Å². The third kappa shape index (κ3) is 4.98. The molecule has 1 aromatic heterocycles. The molecular weight excluding hydrogens is 470 g/mol. The summed E-state index contributed by atoms with van der Waals surface area (Å²) in [6.07, 6.45) is 2.49. The van der Waals surface area contributed by atoms with Gasteiger partial charge < -0.3 is 19.4 Å². The molecule has 0 N–H and O–H groups in total. The number of carbonyl (C=O) groups excluding carboxylic acids is 1. The summed E-state index contributed by atoms with van der Waals surface area (Å²) in [5.41, 5.74) is 2.22. The van der Waals surface area contributed by atoms with Gasteiger partial charge in [-0.2, -0.15) is 4.37 Å². The Labute approximate surface area is 209 Å². The molecule has 7 nitrogen and oxygen atoms in total. The molecule has 2 aliphatic rings. The van der Waals surface area contributed by atoms with E-state index in [1.165, 1.54) is 11.5 Å². The van der Waals surface area contributed by atoms with Crippen molar-refractivity contribution < 1.29 is 9.53 Å². The average molecular weight is 498 g/mol. The number of benzene rings is 2. The Morgan fingerprint density at radius 2 is 1.94 bits per heavy atom. The summed E-state index contributed by atoms with van der Waals surface area (Å²) < 4.78 is 9.89. The molecule has 2 aliphatic heterocycles. The first-order valence-electron chi connectivity index (χ1n) is 11.6. The molecule has 3 aromatic rings. The van der Waals surface area contributed by atoms with E-state index >= 15 is 0 Å². The van der Waals surface area contributed by atoms with Gasteiger partial charge in [-0.15, -0.1) is 0 Å². The standard InChI is InChI=1S/C25H28ClN5O2S/c1-33-21-8-2-5-18(15-21)16-23-27-25(34-28-23)31-10-4-9-22(31)24(32)30-13-11-29(12-14-30)20-7-3-6-19(26)17-20/h2-3,5-8,15,17,22H,4,9-14,16H2,1H3. The van der Waals surface area contributed by atoms with Crippen molar-refractivity contribution in [2.45, 2.75) is 25.3 Å². The van der Waals surface area contributed by atoms with Crippen LogP contribution in [0.15, 0.2) is 48.5 Å². The van der Waals surface area contributed by atoms with E-state index in [-0.39, 0.29) is 11.9 Å². The third-order valence-electron chi connectivity index (χ3n) is 6.50. The molecule has 2 fully saturated rings. The van der Waals surface area contributed by atoms with Gasteiger partial charge in [0.15, 0.2) is 0 Å².